The minimum atomic E-state index is -0.483. The SMILES string of the molecule is CC(=O)N(C1CCC(C)(C)CC1)[C@H]1C[C@@H](C(=O)C2CCNC2)N(C(=O)[C@@H]2CN(C(C)(C)C)C[C@H]2c2ccc(Cl)cc2)C1. The predicted molar refractivity (Wildman–Crippen MR) is 167 cm³/mol. The molecule has 1 N–H and O–H groups in total. The number of ketones is 1. The van der Waals surface area contributed by atoms with Gasteiger partial charge in [0.2, 0.25) is 11.8 Å². The largest absolute Gasteiger partial charge is 0.335 e. The second-order valence-corrected chi connectivity index (χ2v) is 15.6. The van der Waals surface area contributed by atoms with Crippen molar-refractivity contribution in [3.8, 4) is 0 Å². The zero-order valence-electron chi connectivity index (χ0n) is 26.5. The lowest BCUT2D eigenvalue weighted by Crippen LogP contribution is -2.50. The summed E-state index contributed by atoms with van der Waals surface area (Å²) in [7, 11) is 0. The zero-order valence-corrected chi connectivity index (χ0v) is 27.3. The molecule has 3 aliphatic heterocycles. The van der Waals surface area contributed by atoms with Gasteiger partial charge in [0.15, 0.2) is 5.78 Å². The number of Topliss-reactive ketones (excluding diaryl/α,β-unsaturated/α-hetero) is 1. The van der Waals surface area contributed by atoms with E-state index < -0.39 is 6.04 Å². The number of hydrogen-bond acceptors (Lipinski definition) is 5. The van der Waals surface area contributed by atoms with Crippen LogP contribution in [0.4, 0.5) is 0 Å². The Balaban J connectivity index is 1.44. The molecule has 4 aliphatic rings. The second kappa shape index (κ2) is 12.2. The number of nitrogens with zero attached hydrogens (tertiary/aromatic N) is 3. The number of hydrogen-bond donors (Lipinski definition) is 1. The molecular weight excluding hydrogens is 548 g/mol. The maximum atomic E-state index is 14.7. The fraction of sp³-hybridized carbons (Fsp3) is 0.735. The van der Waals surface area contributed by atoms with Crippen molar-refractivity contribution in [1.29, 1.82) is 0 Å². The van der Waals surface area contributed by atoms with Gasteiger partial charge in [0.1, 0.15) is 0 Å². The van der Waals surface area contributed by atoms with Gasteiger partial charge in [-0.25, -0.2) is 0 Å². The number of carbonyl (C=O) groups excluding carboxylic acids is 3. The van der Waals surface area contributed by atoms with Crippen molar-refractivity contribution < 1.29 is 14.4 Å². The van der Waals surface area contributed by atoms with Crippen molar-refractivity contribution in [1.82, 2.24) is 20.0 Å². The van der Waals surface area contributed by atoms with Crippen LogP contribution in [0.15, 0.2) is 24.3 Å². The smallest absolute Gasteiger partial charge is 0.228 e. The van der Waals surface area contributed by atoms with E-state index >= 15 is 0 Å². The first-order valence-corrected chi connectivity index (χ1v) is 16.5. The maximum Gasteiger partial charge on any atom is 0.228 e. The Morgan fingerprint density at radius 3 is 2.21 bits per heavy atom. The number of likely N-dealkylation sites (tertiary alicyclic amines) is 2. The van der Waals surface area contributed by atoms with Crippen molar-refractivity contribution in [2.75, 3.05) is 32.7 Å². The van der Waals surface area contributed by atoms with Gasteiger partial charge < -0.3 is 15.1 Å². The van der Waals surface area contributed by atoms with Crippen molar-refractivity contribution in [3.63, 3.8) is 0 Å². The topological polar surface area (TPSA) is 73.0 Å². The van der Waals surface area contributed by atoms with E-state index in [1.54, 1.807) is 6.92 Å². The lowest BCUT2D eigenvalue weighted by Gasteiger charge is -2.42. The van der Waals surface area contributed by atoms with E-state index in [2.05, 4.69) is 49.7 Å². The number of halogens is 1. The standard InChI is InChI=1S/C34H51ClN4O3/c1-22(40)39(26-11-14-34(5,6)15-12-26)27-17-30(31(41)24-13-16-36-18-24)38(19-27)32(42)29-21-37(33(2,3)4)20-28(29)23-7-9-25(35)10-8-23/h7-10,24,26-30,36H,11-21H2,1-6H3/t24?,27-,28-,29+,30-/m0/s1. The maximum absolute atomic E-state index is 14.7. The summed E-state index contributed by atoms with van der Waals surface area (Å²) in [6.45, 7) is 16.2. The molecule has 0 aromatic heterocycles. The van der Waals surface area contributed by atoms with Crippen LogP contribution in [0.2, 0.25) is 5.02 Å². The molecule has 3 heterocycles. The first-order chi connectivity index (χ1) is 19.7. The minimum Gasteiger partial charge on any atom is -0.335 e. The van der Waals surface area contributed by atoms with E-state index in [-0.39, 0.29) is 53.0 Å². The summed E-state index contributed by atoms with van der Waals surface area (Å²) >= 11 is 6.23. The normalized spacial score (nSPS) is 30.5. The van der Waals surface area contributed by atoms with Gasteiger partial charge in [0.25, 0.3) is 0 Å². The van der Waals surface area contributed by atoms with Crippen LogP contribution in [-0.4, -0.2) is 88.7 Å². The van der Waals surface area contributed by atoms with E-state index in [1.165, 1.54) is 0 Å². The van der Waals surface area contributed by atoms with Crippen molar-refractivity contribution >= 4 is 29.2 Å². The van der Waals surface area contributed by atoms with E-state index in [1.807, 2.05) is 29.2 Å². The van der Waals surface area contributed by atoms with Gasteiger partial charge in [-0.15, -0.1) is 0 Å². The average Bonchev–Trinajstić information content (AvgIpc) is 3.69. The van der Waals surface area contributed by atoms with Crippen molar-refractivity contribution in [2.24, 2.45) is 17.3 Å². The van der Waals surface area contributed by atoms with E-state index in [4.69, 9.17) is 11.6 Å². The number of benzene rings is 1. The quantitative estimate of drug-likeness (QED) is 0.492. The molecular formula is C34H51ClN4O3. The highest BCUT2D eigenvalue weighted by Gasteiger charge is 2.50. The number of nitrogens with one attached hydrogen (secondary N) is 1. The Hall–Kier alpha value is -1.96. The van der Waals surface area contributed by atoms with Crippen molar-refractivity contribution in [3.05, 3.63) is 34.9 Å². The Morgan fingerprint density at radius 1 is 0.976 bits per heavy atom. The number of rotatable bonds is 6. The van der Waals surface area contributed by atoms with Crippen LogP contribution in [0.25, 0.3) is 0 Å². The summed E-state index contributed by atoms with van der Waals surface area (Å²) in [6.07, 6.45) is 5.47. The third kappa shape index (κ3) is 6.58. The highest BCUT2D eigenvalue weighted by Crippen LogP contribution is 2.42. The second-order valence-electron chi connectivity index (χ2n) is 15.2. The van der Waals surface area contributed by atoms with Crippen LogP contribution < -0.4 is 5.32 Å². The van der Waals surface area contributed by atoms with E-state index in [0.717, 1.165) is 50.8 Å². The summed E-state index contributed by atoms with van der Waals surface area (Å²) in [6, 6.07) is 7.45. The summed E-state index contributed by atoms with van der Waals surface area (Å²) in [5.74, 6) is -0.0398. The van der Waals surface area contributed by atoms with Gasteiger partial charge in [0.05, 0.1) is 18.0 Å². The molecule has 232 valence electrons. The van der Waals surface area contributed by atoms with E-state index in [9.17, 15) is 14.4 Å². The van der Waals surface area contributed by atoms with Gasteiger partial charge in [-0.2, -0.15) is 0 Å². The van der Waals surface area contributed by atoms with Crippen LogP contribution in [0, 0.1) is 17.3 Å². The molecule has 8 heteroatoms. The molecule has 1 unspecified atom stereocenters. The molecule has 1 saturated carbocycles. The summed E-state index contributed by atoms with van der Waals surface area (Å²) < 4.78 is 0. The highest BCUT2D eigenvalue weighted by molar-refractivity contribution is 6.30. The third-order valence-corrected chi connectivity index (χ3v) is 10.9. The van der Waals surface area contributed by atoms with Crippen LogP contribution in [0.5, 0.6) is 0 Å². The molecule has 2 amide bonds. The molecule has 0 radical (unpaired) electrons. The molecule has 42 heavy (non-hydrogen) atoms. The summed E-state index contributed by atoms with van der Waals surface area (Å²) in [4.78, 5) is 48.3. The van der Waals surface area contributed by atoms with Crippen LogP contribution in [0.3, 0.4) is 0 Å². The molecule has 5 rings (SSSR count). The van der Waals surface area contributed by atoms with Gasteiger partial charge in [-0.05, 0) is 89.0 Å². The predicted octanol–water partition coefficient (Wildman–Crippen LogP) is 5.12. The lowest BCUT2D eigenvalue weighted by atomic mass is 9.75. The van der Waals surface area contributed by atoms with E-state index in [0.29, 0.717) is 36.5 Å². The van der Waals surface area contributed by atoms with Crippen LogP contribution in [-0.2, 0) is 14.4 Å². The fourth-order valence-electron chi connectivity index (χ4n) is 8.04. The molecule has 1 aromatic carbocycles. The van der Waals surface area contributed by atoms with Gasteiger partial charge in [0, 0.05) is 61.5 Å². The Morgan fingerprint density at radius 2 is 1.64 bits per heavy atom. The fourth-order valence-corrected chi connectivity index (χ4v) is 8.16. The van der Waals surface area contributed by atoms with Crippen molar-refractivity contribution in [2.45, 2.75) is 110 Å². The summed E-state index contributed by atoms with van der Waals surface area (Å²) in [5, 5.41) is 4.02. The van der Waals surface area contributed by atoms with Gasteiger partial charge in [-0.3, -0.25) is 19.3 Å². The molecule has 1 aromatic rings. The first-order valence-electron chi connectivity index (χ1n) is 16.1. The monoisotopic (exact) mass is 598 g/mol. The Bertz CT molecular complexity index is 1150. The molecule has 0 spiro atoms. The van der Waals surface area contributed by atoms with Gasteiger partial charge in [-0.1, -0.05) is 37.6 Å². The number of carbonyl (C=O) groups is 3. The van der Waals surface area contributed by atoms with Crippen LogP contribution >= 0.6 is 11.6 Å². The molecule has 4 fully saturated rings. The average molecular weight is 599 g/mol. The Kier molecular flexibility index (Phi) is 9.14. The highest BCUT2D eigenvalue weighted by atomic mass is 35.5. The molecule has 7 nitrogen and oxygen atoms in total. The first kappa shape index (κ1) is 31.5. The molecule has 5 atom stereocenters. The molecule has 0 bridgehead atoms. The Labute approximate surface area is 257 Å². The van der Waals surface area contributed by atoms with Crippen LogP contribution in [0.1, 0.15) is 91.5 Å². The lowest BCUT2D eigenvalue weighted by molar-refractivity contribution is -0.142. The molecule has 1 aliphatic carbocycles. The zero-order chi connectivity index (χ0) is 30.4. The molecule has 3 saturated heterocycles. The number of amides is 2. The summed E-state index contributed by atoms with van der Waals surface area (Å²) in [5.41, 5.74) is 1.32. The third-order valence-electron chi connectivity index (χ3n) is 10.7. The van der Waals surface area contributed by atoms with Gasteiger partial charge >= 0.3 is 0 Å². The minimum absolute atomic E-state index is 0.0152.